The number of halogens is 4. The van der Waals surface area contributed by atoms with E-state index in [4.69, 9.17) is 38.5 Å². The van der Waals surface area contributed by atoms with Crippen LogP contribution in [0.3, 0.4) is 0 Å². The van der Waals surface area contributed by atoms with Gasteiger partial charge in [-0.1, -0.05) is 0 Å². The molecule has 0 saturated carbocycles. The van der Waals surface area contributed by atoms with Crippen molar-refractivity contribution in [2.75, 3.05) is 0 Å². The van der Waals surface area contributed by atoms with Crippen LogP contribution >= 0.6 is 38.5 Å². The van der Waals surface area contributed by atoms with Crippen LogP contribution in [0.4, 0.5) is 0 Å². The van der Waals surface area contributed by atoms with Crippen molar-refractivity contribution in [3.63, 3.8) is 0 Å². The third kappa shape index (κ3) is 4.79. The Morgan fingerprint density at radius 1 is 1.08 bits per heavy atom. The minimum absolute atomic E-state index is 0.516. The van der Waals surface area contributed by atoms with Gasteiger partial charge in [-0.15, -0.1) is 0 Å². The molecule has 0 radical (unpaired) electrons. The molecule has 0 unspecified atom stereocenters. The van der Waals surface area contributed by atoms with Crippen molar-refractivity contribution in [1.82, 2.24) is 0 Å². The van der Waals surface area contributed by atoms with Crippen LogP contribution in [0.25, 0.3) is 5.03 Å². The molecule has 1 aromatic carbocycles. The summed E-state index contributed by atoms with van der Waals surface area (Å²) in [5.41, 5.74) is 0.877. The van der Waals surface area contributed by atoms with E-state index in [0.717, 1.165) is 5.56 Å². The Balaban J connectivity index is 2.92. The molecule has 1 aromatic rings. The average molecular weight is 372 g/mol. The van der Waals surface area contributed by atoms with Crippen LogP contribution in [0, 0.1) is 0 Å². The molecule has 0 aliphatic heterocycles. The second-order valence-corrected chi connectivity index (χ2v) is 18.9. The molecule has 0 atom stereocenters. The zero-order chi connectivity index (χ0) is 9.90. The standard InChI is InChI=1S/C8H6Cl4Te/c9-8(6-13(10,11)12)7-4-2-1-3-5-7/h1-6H/b8-6+. The van der Waals surface area contributed by atoms with Gasteiger partial charge in [-0.3, -0.25) is 0 Å². The van der Waals surface area contributed by atoms with Crippen molar-refractivity contribution < 1.29 is 0 Å². The van der Waals surface area contributed by atoms with E-state index in [0.29, 0.717) is 5.03 Å². The first-order valence-corrected chi connectivity index (χ1v) is 13.9. The summed E-state index contributed by atoms with van der Waals surface area (Å²) < 4.78 is 1.56. The Hall–Kier alpha value is 0.910. The van der Waals surface area contributed by atoms with Gasteiger partial charge in [0.2, 0.25) is 0 Å². The maximum atomic E-state index is 5.95. The molecule has 0 N–H and O–H groups in total. The van der Waals surface area contributed by atoms with Gasteiger partial charge in [0.15, 0.2) is 0 Å². The quantitative estimate of drug-likeness (QED) is 0.673. The first-order valence-electron chi connectivity index (χ1n) is 3.34. The molecular weight excluding hydrogens is 366 g/mol. The molecule has 1 rings (SSSR count). The van der Waals surface area contributed by atoms with E-state index in [-0.39, 0.29) is 0 Å². The molecule has 0 heterocycles. The van der Waals surface area contributed by atoms with Gasteiger partial charge >= 0.3 is 98.4 Å². The van der Waals surface area contributed by atoms with E-state index in [1.165, 1.54) is 0 Å². The van der Waals surface area contributed by atoms with Crippen molar-refractivity contribution in [1.29, 1.82) is 0 Å². The van der Waals surface area contributed by atoms with Crippen molar-refractivity contribution in [3.8, 4) is 0 Å². The van der Waals surface area contributed by atoms with E-state index < -0.39 is 14.8 Å². The minimum atomic E-state index is -3.27. The van der Waals surface area contributed by atoms with Crippen LogP contribution in [0.5, 0.6) is 0 Å². The Morgan fingerprint density at radius 2 is 1.62 bits per heavy atom. The van der Waals surface area contributed by atoms with Gasteiger partial charge in [0.1, 0.15) is 0 Å². The van der Waals surface area contributed by atoms with Crippen LogP contribution in [0.2, 0.25) is 0 Å². The Kier molecular flexibility index (Phi) is 4.72. The Bertz CT molecular complexity index is 302. The molecule has 0 aromatic heterocycles. The zero-order valence-corrected chi connectivity index (χ0v) is 11.7. The van der Waals surface area contributed by atoms with Crippen LogP contribution in [-0.2, 0) is 0 Å². The monoisotopic (exact) mass is 372 g/mol. The summed E-state index contributed by atoms with van der Waals surface area (Å²) in [5, 5.41) is 0.516. The van der Waals surface area contributed by atoms with E-state index >= 15 is 0 Å². The molecular formula is C8H6Cl4Te. The molecule has 0 aliphatic carbocycles. The molecule has 0 amide bonds. The van der Waals surface area contributed by atoms with Gasteiger partial charge in [-0.25, -0.2) is 0 Å². The summed E-state index contributed by atoms with van der Waals surface area (Å²) in [5.74, 6) is 0. The third-order valence-electron chi connectivity index (χ3n) is 1.29. The van der Waals surface area contributed by atoms with Gasteiger partial charge < -0.3 is 0 Å². The van der Waals surface area contributed by atoms with Crippen molar-refractivity contribution >= 4 is 58.3 Å². The number of hydrogen-bond donors (Lipinski definition) is 0. The maximum absolute atomic E-state index is 5.95. The summed E-state index contributed by atoms with van der Waals surface area (Å²) >= 11 is 2.68. The Labute approximate surface area is 97.5 Å². The third-order valence-corrected chi connectivity index (χ3v) is 5.25. The summed E-state index contributed by atoms with van der Waals surface area (Å²) in [6, 6.07) is 9.43. The van der Waals surface area contributed by atoms with Gasteiger partial charge in [-0.05, 0) is 0 Å². The summed E-state index contributed by atoms with van der Waals surface area (Å²) in [7, 11) is 17.2. The second-order valence-electron chi connectivity index (χ2n) is 2.27. The van der Waals surface area contributed by atoms with Gasteiger partial charge in [-0.2, -0.15) is 0 Å². The van der Waals surface area contributed by atoms with Crippen LogP contribution in [-0.4, -0.2) is 14.8 Å². The first-order chi connectivity index (χ1) is 5.99. The fourth-order valence-corrected chi connectivity index (χ4v) is 5.57. The topological polar surface area (TPSA) is 0 Å². The molecule has 0 saturated heterocycles. The fraction of sp³-hybridized carbons (Fsp3) is 0. The van der Waals surface area contributed by atoms with Crippen molar-refractivity contribution in [2.45, 2.75) is 0 Å². The summed E-state index contributed by atoms with van der Waals surface area (Å²) in [6.07, 6.45) is 0. The SMILES string of the molecule is Cl/C(=C/[Te](Cl)(Cl)Cl)c1ccccc1. The van der Waals surface area contributed by atoms with E-state index in [1.54, 1.807) is 4.12 Å². The number of rotatable bonds is 2. The first kappa shape index (κ1) is 12.0. The summed E-state index contributed by atoms with van der Waals surface area (Å²) in [6.45, 7) is 0. The van der Waals surface area contributed by atoms with Crippen molar-refractivity contribution in [2.24, 2.45) is 0 Å². The Morgan fingerprint density at radius 3 is 2.08 bits per heavy atom. The molecule has 0 aliphatic rings. The molecule has 0 spiro atoms. The molecule has 0 fully saturated rings. The fourth-order valence-electron chi connectivity index (χ4n) is 0.783. The number of hydrogen-bond acceptors (Lipinski definition) is 0. The van der Waals surface area contributed by atoms with Crippen LogP contribution < -0.4 is 0 Å². The normalized spacial score (nSPS) is 14.3. The second kappa shape index (κ2) is 5.12. The van der Waals surface area contributed by atoms with E-state index in [2.05, 4.69) is 0 Å². The zero-order valence-electron chi connectivity index (χ0n) is 6.38. The van der Waals surface area contributed by atoms with E-state index in [1.807, 2.05) is 30.3 Å². The van der Waals surface area contributed by atoms with Crippen LogP contribution in [0.15, 0.2) is 34.5 Å². The average Bonchev–Trinajstić information content (AvgIpc) is 2.03. The van der Waals surface area contributed by atoms with Crippen LogP contribution in [0.1, 0.15) is 5.56 Å². The molecule has 5 heteroatoms. The molecule has 13 heavy (non-hydrogen) atoms. The molecule has 0 bridgehead atoms. The van der Waals surface area contributed by atoms with Gasteiger partial charge in [0.05, 0.1) is 0 Å². The predicted molar refractivity (Wildman–Crippen MR) is 63.6 cm³/mol. The van der Waals surface area contributed by atoms with Gasteiger partial charge in [0.25, 0.3) is 0 Å². The molecule has 72 valence electrons. The number of benzene rings is 1. The van der Waals surface area contributed by atoms with Crippen molar-refractivity contribution in [3.05, 3.63) is 40.0 Å². The van der Waals surface area contributed by atoms with Gasteiger partial charge in [0, 0.05) is 0 Å². The van der Waals surface area contributed by atoms with E-state index in [9.17, 15) is 0 Å². The predicted octanol–water partition coefficient (Wildman–Crippen LogP) is 4.46. The molecule has 0 nitrogen and oxygen atoms in total. The summed E-state index contributed by atoms with van der Waals surface area (Å²) in [4.78, 5) is 0.